The molecule has 0 radical (unpaired) electrons. The maximum absolute atomic E-state index is 12.5. The van der Waals surface area contributed by atoms with Gasteiger partial charge in [0.1, 0.15) is 5.75 Å². The third-order valence-electron chi connectivity index (χ3n) is 5.23. The van der Waals surface area contributed by atoms with Gasteiger partial charge >= 0.3 is 0 Å². The van der Waals surface area contributed by atoms with Crippen molar-refractivity contribution in [3.8, 4) is 5.75 Å². The van der Waals surface area contributed by atoms with E-state index in [1.807, 2.05) is 19.1 Å². The lowest BCUT2D eigenvalue weighted by molar-refractivity contribution is -0.127. The lowest BCUT2D eigenvalue weighted by atomic mass is 10.0. The molecule has 0 spiro atoms. The van der Waals surface area contributed by atoms with Gasteiger partial charge in [0.2, 0.25) is 0 Å². The van der Waals surface area contributed by atoms with Crippen molar-refractivity contribution < 1.29 is 9.53 Å². The van der Waals surface area contributed by atoms with Gasteiger partial charge in [-0.3, -0.25) is 9.69 Å². The van der Waals surface area contributed by atoms with E-state index in [0.29, 0.717) is 17.3 Å². The van der Waals surface area contributed by atoms with Gasteiger partial charge in [0.25, 0.3) is 5.91 Å². The average Bonchev–Trinajstić information content (AvgIpc) is 2.70. The second kappa shape index (κ2) is 9.94. The molecule has 2 aromatic rings. The topological polar surface area (TPSA) is 41.6 Å². The first-order valence-electron chi connectivity index (χ1n) is 10.0. The summed E-state index contributed by atoms with van der Waals surface area (Å²) in [5, 5.41) is 3.70. The molecule has 0 bridgehead atoms. The van der Waals surface area contributed by atoms with Crippen molar-refractivity contribution in [1.29, 1.82) is 0 Å². The third kappa shape index (κ3) is 5.73. The zero-order valence-corrected chi connectivity index (χ0v) is 17.5. The zero-order valence-electron chi connectivity index (χ0n) is 16.7. The van der Waals surface area contributed by atoms with Crippen molar-refractivity contribution in [2.45, 2.75) is 52.3 Å². The Hall–Kier alpha value is -2.04. The molecule has 3 rings (SSSR count). The van der Waals surface area contributed by atoms with Gasteiger partial charge < -0.3 is 10.1 Å². The third-order valence-corrected chi connectivity index (χ3v) is 5.65. The quantitative estimate of drug-likeness (QED) is 0.731. The minimum absolute atomic E-state index is 0.125. The number of rotatable bonds is 7. The number of ether oxygens (including phenoxy) is 1. The lowest BCUT2D eigenvalue weighted by Gasteiger charge is -2.27. The van der Waals surface area contributed by atoms with E-state index in [2.05, 4.69) is 28.4 Å². The lowest BCUT2D eigenvalue weighted by Crippen LogP contribution is -2.36. The second-order valence-electron chi connectivity index (χ2n) is 7.49. The number of nitrogens with one attached hydrogen (secondary N) is 1. The van der Waals surface area contributed by atoms with Crippen LogP contribution in [0, 0.1) is 6.92 Å². The number of benzene rings is 2. The zero-order chi connectivity index (χ0) is 19.9. The fraction of sp³-hybridized carbons (Fsp3) is 0.435. The highest BCUT2D eigenvalue weighted by Gasteiger charge is 2.16. The smallest absolute Gasteiger partial charge is 0.261 e. The van der Waals surface area contributed by atoms with E-state index in [1.54, 1.807) is 19.1 Å². The Labute approximate surface area is 172 Å². The standard InChI is InChI=1S/C23H29ClN2O2/c1-17-14-21(10-11-22(17)24)28-18(2)23(27)25-15-19-8-4-5-9-20(19)16-26-12-6-3-7-13-26/h4-5,8-11,14,18H,3,6-7,12-13,15-16H2,1-2H3,(H,25,27)/t18-/m0/s1. The molecule has 28 heavy (non-hydrogen) atoms. The average molecular weight is 401 g/mol. The van der Waals surface area contributed by atoms with Gasteiger partial charge in [0, 0.05) is 18.1 Å². The summed E-state index contributed by atoms with van der Waals surface area (Å²) in [4.78, 5) is 15.0. The molecule has 2 aromatic carbocycles. The largest absolute Gasteiger partial charge is 0.481 e. The van der Waals surface area contributed by atoms with Crippen molar-refractivity contribution in [3.05, 3.63) is 64.2 Å². The molecular formula is C23H29ClN2O2. The predicted molar refractivity (Wildman–Crippen MR) is 114 cm³/mol. The van der Waals surface area contributed by atoms with E-state index >= 15 is 0 Å². The number of halogens is 1. The summed E-state index contributed by atoms with van der Waals surface area (Å²) in [6.45, 7) is 7.45. The van der Waals surface area contributed by atoms with Gasteiger partial charge in [-0.1, -0.05) is 42.3 Å². The van der Waals surface area contributed by atoms with E-state index in [-0.39, 0.29) is 5.91 Å². The Morgan fingerprint density at radius 2 is 1.86 bits per heavy atom. The van der Waals surface area contributed by atoms with Gasteiger partial charge in [0.15, 0.2) is 6.10 Å². The molecule has 0 aliphatic carbocycles. The van der Waals surface area contributed by atoms with E-state index in [0.717, 1.165) is 30.8 Å². The molecule has 5 heteroatoms. The number of likely N-dealkylation sites (tertiary alicyclic amines) is 1. The van der Waals surface area contributed by atoms with Crippen molar-refractivity contribution in [3.63, 3.8) is 0 Å². The molecule has 1 N–H and O–H groups in total. The Bertz CT molecular complexity index is 803. The molecule has 150 valence electrons. The fourth-order valence-corrected chi connectivity index (χ4v) is 3.63. The van der Waals surface area contributed by atoms with Gasteiger partial charge in [0.05, 0.1) is 0 Å². The van der Waals surface area contributed by atoms with Gasteiger partial charge in [-0.15, -0.1) is 0 Å². The van der Waals surface area contributed by atoms with Crippen LogP contribution < -0.4 is 10.1 Å². The fourth-order valence-electron chi connectivity index (χ4n) is 3.52. The summed E-state index contributed by atoms with van der Waals surface area (Å²) in [6.07, 6.45) is 3.31. The Morgan fingerprint density at radius 3 is 2.57 bits per heavy atom. The first-order chi connectivity index (χ1) is 13.5. The van der Waals surface area contributed by atoms with Crippen LogP contribution in [0.4, 0.5) is 0 Å². The summed E-state index contributed by atoms with van der Waals surface area (Å²) >= 11 is 6.04. The first kappa shape index (κ1) is 20.7. The highest BCUT2D eigenvalue weighted by Crippen LogP contribution is 2.22. The van der Waals surface area contributed by atoms with Crippen LogP contribution in [0.2, 0.25) is 5.02 Å². The van der Waals surface area contributed by atoms with Gasteiger partial charge in [-0.2, -0.15) is 0 Å². The molecule has 0 unspecified atom stereocenters. The molecule has 1 heterocycles. The number of hydrogen-bond donors (Lipinski definition) is 1. The van der Waals surface area contributed by atoms with Crippen molar-refractivity contribution in [2.24, 2.45) is 0 Å². The number of aryl methyl sites for hydroxylation is 1. The molecule has 1 aliphatic rings. The van der Waals surface area contributed by atoms with Crippen LogP contribution in [0.1, 0.15) is 42.9 Å². The number of nitrogens with zero attached hydrogens (tertiary/aromatic N) is 1. The summed E-state index contributed by atoms with van der Waals surface area (Å²) in [5.41, 5.74) is 3.38. The van der Waals surface area contributed by atoms with Crippen LogP contribution in [-0.4, -0.2) is 30.0 Å². The van der Waals surface area contributed by atoms with Gasteiger partial charge in [-0.25, -0.2) is 0 Å². The van der Waals surface area contributed by atoms with Gasteiger partial charge in [-0.05, 0) is 74.7 Å². The first-order valence-corrected chi connectivity index (χ1v) is 10.4. The Balaban J connectivity index is 1.55. The molecule has 1 fully saturated rings. The second-order valence-corrected chi connectivity index (χ2v) is 7.90. The summed E-state index contributed by atoms with van der Waals surface area (Å²) in [7, 11) is 0. The molecule has 0 saturated carbocycles. The molecule has 1 saturated heterocycles. The van der Waals surface area contributed by atoms with Crippen LogP contribution in [0.15, 0.2) is 42.5 Å². The molecule has 1 amide bonds. The van der Waals surface area contributed by atoms with E-state index in [1.165, 1.54) is 24.8 Å². The van der Waals surface area contributed by atoms with Crippen molar-refractivity contribution in [2.75, 3.05) is 13.1 Å². The molecule has 1 aliphatic heterocycles. The van der Waals surface area contributed by atoms with E-state index in [9.17, 15) is 4.79 Å². The summed E-state index contributed by atoms with van der Waals surface area (Å²) in [5.74, 6) is 0.524. The monoisotopic (exact) mass is 400 g/mol. The molecule has 0 aromatic heterocycles. The summed E-state index contributed by atoms with van der Waals surface area (Å²) in [6, 6.07) is 13.8. The maximum Gasteiger partial charge on any atom is 0.261 e. The number of carbonyl (C=O) groups is 1. The number of hydrogen-bond acceptors (Lipinski definition) is 3. The predicted octanol–water partition coefficient (Wildman–Crippen LogP) is 4.72. The van der Waals surface area contributed by atoms with Crippen LogP contribution in [0.5, 0.6) is 5.75 Å². The Morgan fingerprint density at radius 1 is 1.14 bits per heavy atom. The van der Waals surface area contributed by atoms with Crippen LogP contribution >= 0.6 is 11.6 Å². The molecule has 4 nitrogen and oxygen atoms in total. The van der Waals surface area contributed by atoms with Crippen molar-refractivity contribution >= 4 is 17.5 Å². The minimum Gasteiger partial charge on any atom is -0.481 e. The number of carbonyl (C=O) groups excluding carboxylic acids is 1. The normalized spacial score (nSPS) is 15.8. The number of piperidine rings is 1. The highest BCUT2D eigenvalue weighted by atomic mass is 35.5. The van der Waals surface area contributed by atoms with E-state index < -0.39 is 6.10 Å². The maximum atomic E-state index is 12.5. The SMILES string of the molecule is Cc1cc(O[C@@H](C)C(=O)NCc2ccccc2CN2CCCCC2)ccc1Cl. The highest BCUT2D eigenvalue weighted by molar-refractivity contribution is 6.31. The van der Waals surface area contributed by atoms with Crippen LogP contribution in [0.3, 0.4) is 0 Å². The Kier molecular flexibility index (Phi) is 7.35. The van der Waals surface area contributed by atoms with Crippen LogP contribution in [-0.2, 0) is 17.9 Å². The molecule has 1 atom stereocenters. The van der Waals surface area contributed by atoms with Crippen LogP contribution in [0.25, 0.3) is 0 Å². The van der Waals surface area contributed by atoms with Crippen molar-refractivity contribution in [1.82, 2.24) is 10.2 Å². The summed E-state index contributed by atoms with van der Waals surface area (Å²) < 4.78 is 5.77. The molecular weight excluding hydrogens is 372 g/mol. The minimum atomic E-state index is -0.574. The van der Waals surface area contributed by atoms with E-state index in [4.69, 9.17) is 16.3 Å². The number of amides is 1.